The molecule has 0 aliphatic carbocycles. The summed E-state index contributed by atoms with van der Waals surface area (Å²) in [5.41, 5.74) is 3.80. The molecule has 0 unspecified atom stereocenters. The van der Waals surface area contributed by atoms with Crippen molar-refractivity contribution in [1.29, 1.82) is 0 Å². The average Bonchev–Trinajstić information content (AvgIpc) is 3.09. The van der Waals surface area contributed by atoms with Gasteiger partial charge in [0.25, 0.3) is 5.91 Å². The fourth-order valence-corrected chi connectivity index (χ4v) is 3.18. The molecule has 0 fully saturated rings. The lowest BCUT2D eigenvalue weighted by Crippen LogP contribution is -2.39. The number of rotatable bonds is 5. The molecule has 132 valence electrons. The van der Waals surface area contributed by atoms with E-state index in [1.165, 1.54) is 11.1 Å². The Kier molecular flexibility index (Phi) is 4.44. The van der Waals surface area contributed by atoms with Crippen LogP contribution in [0, 0.1) is 6.92 Å². The number of ether oxygens (including phenoxy) is 1. The first-order valence-electron chi connectivity index (χ1n) is 8.79. The standard InChI is InChI=1S/C21H21N3O2/c1-16-7-5-6-8-17(16)14-23-11-12-24-20(21(23)25)13-18(22-24)15-26-19-9-3-2-4-10-19/h2-10,13H,11-12,14-15H2,1H3. The molecule has 0 saturated heterocycles. The van der Waals surface area contributed by atoms with Crippen LogP contribution in [-0.2, 0) is 19.7 Å². The smallest absolute Gasteiger partial charge is 0.272 e. The maximum absolute atomic E-state index is 12.8. The fourth-order valence-electron chi connectivity index (χ4n) is 3.18. The summed E-state index contributed by atoms with van der Waals surface area (Å²) in [5.74, 6) is 0.823. The van der Waals surface area contributed by atoms with Crippen LogP contribution in [0.3, 0.4) is 0 Å². The Labute approximate surface area is 152 Å². The number of benzene rings is 2. The van der Waals surface area contributed by atoms with Gasteiger partial charge in [0.05, 0.1) is 6.54 Å². The number of para-hydroxylation sites is 1. The molecule has 2 aromatic carbocycles. The highest BCUT2D eigenvalue weighted by molar-refractivity contribution is 5.93. The van der Waals surface area contributed by atoms with Gasteiger partial charge in [-0.25, -0.2) is 0 Å². The van der Waals surface area contributed by atoms with Gasteiger partial charge in [0.15, 0.2) is 0 Å². The van der Waals surface area contributed by atoms with Crippen LogP contribution >= 0.6 is 0 Å². The van der Waals surface area contributed by atoms with Crippen molar-refractivity contribution in [3.63, 3.8) is 0 Å². The highest BCUT2D eigenvalue weighted by atomic mass is 16.5. The van der Waals surface area contributed by atoms with Crippen molar-refractivity contribution in [2.45, 2.75) is 26.6 Å². The first-order chi connectivity index (χ1) is 12.7. The predicted molar refractivity (Wildman–Crippen MR) is 98.9 cm³/mol. The van der Waals surface area contributed by atoms with E-state index in [0.29, 0.717) is 31.9 Å². The van der Waals surface area contributed by atoms with E-state index in [-0.39, 0.29) is 5.91 Å². The summed E-state index contributed by atoms with van der Waals surface area (Å²) in [7, 11) is 0. The Morgan fingerprint density at radius 2 is 1.81 bits per heavy atom. The minimum Gasteiger partial charge on any atom is -0.487 e. The fraction of sp³-hybridized carbons (Fsp3) is 0.238. The second-order valence-corrected chi connectivity index (χ2v) is 6.50. The molecule has 3 aromatic rings. The van der Waals surface area contributed by atoms with Gasteiger partial charge in [-0.1, -0.05) is 42.5 Å². The SMILES string of the molecule is Cc1ccccc1CN1CCn2nc(COc3ccccc3)cc2C1=O. The van der Waals surface area contributed by atoms with Crippen molar-refractivity contribution >= 4 is 5.91 Å². The van der Waals surface area contributed by atoms with Gasteiger partial charge < -0.3 is 9.64 Å². The summed E-state index contributed by atoms with van der Waals surface area (Å²) >= 11 is 0. The number of amides is 1. The van der Waals surface area contributed by atoms with Crippen LogP contribution in [0.15, 0.2) is 60.7 Å². The molecule has 26 heavy (non-hydrogen) atoms. The minimum absolute atomic E-state index is 0.0259. The number of hydrogen-bond acceptors (Lipinski definition) is 3. The van der Waals surface area contributed by atoms with Gasteiger partial charge in [0.1, 0.15) is 23.7 Å². The Morgan fingerprint density at radius 1 is 1.04 bits per heavy atom. The number of hydrogen-bond donors (Lipinski definition) is 0. The molecule has 4 rings (SSSR count). The lowest BCUT2D eigenvalue weighted by molar-refractivity contribution is 0.0683. The summed E-state index contributed by atoms with van der Waals surface area (Å²) in [5, 5.41) is 4.52. The summed E-state index contributed by atoms with van der Waals surface area (Å²) < 4.78 is 7.53. The zero-order valence-electron chi connectivity index (χ0n) is 14.8. The number of aryl methyl sites for hydroxylation is 1. The zero-order chi connectivity index (χ0) is 17.9. The Bertz CT molecular complexity index is 918. The highest BCUT2D eigenvalue weighted by Crippen LogP contribution is 2.19. The number of aromatic nitrogens is 2. The van der Waals surface area contributed by atoms with Gasteiger partial charge in [0, 0.05) is 13.1 Å². The van der Waals surface area contributed by atoms with Crippen molar-refractivity contribution in [3.8, 4) is 5.75 Å². The van der Waals surface area contributed by atoms with E-state index in [2.05, 4.69) is 24.2 Å². The van der Waals surface area contributed by atoms with Gasteiger partial charge in [-0.2, -0.15) is 5.10 Å². The molecule has 0 N–H and O–H groups in total. The van der Waals surface area contributed by atoms with Crippen LogP contribution in [0.4, 0.5) is 0 Å². The topological polar surface area (TPSA) is 47.4 Å². The monoisotopic (exact) mass is 347 g/mol. The number of fused-ring (bicyclic) bond motifs is 1. The van der Waals surface area contributed by atoms with E-state index in [4.69, 9.17) is 4.74 Å². The summed E-state index contributed by atoms with van der Waals surface area (Å²) in [4.78, 5) is 14.7. The van der Waals surface area contributed by atoms with Crippen molar-refractivity contribution in [1.82, 2.24) is 14.7 Å². The van der Waals surface area contributed by atoms with Crippen molar-refractivity contribution in [3.05, 3.63) is 83.2 Å². The normalized spacial score (nSPS) is 13.6. The third kappa shape index (κ3) is 3.33. The Morgan fingerprint density at radius 3 is 2.62 bits per heavy atom. The average molecular weight is 347 g/mol. The Balaban J connectivity index is 1.46. The molecule has 0 saturated carbocycles. The van der Waals surface area contributed by atoms with Gasteiger partial charge in [-0.15, -0.1) is 0 Å². The predicted octanol–water partition coefficient (Wildman–Crippen LogP) is 3.43. The van der Waals surface area contributed by atoms with Crippen LogP contribution in [-0.4, -0.2) is 27.1 Å². The first kappa shape index (κ1) is 16.4. The maximum atomic E-state index is 12.8. The molecule has 2 heterocycles. The first-order valence-corrected chi connectivity index (χ1v) is 8.79. The van der Waals surface area contributed by atoms with E-state index < -0.39 is 0 Å². The molecular weight excluding hydrogens is 326 g/mol. The molecule has 5 heteroatoms. The molecule has 1 aromatic heterocycles. The Hall–Kier alpha value is -3.08. The molecule has 1 aliphatic rings. The maximum Gasteiger partial charge on any atom is 0.272 e. The van der Waals surface area contributed by atoms with Crippen molar-refractivity contribution in [2.24, 2.45) is 0 Å². The van der Waals surface area contributed by atoms with Gasteiger partial charge >= 0.3 is 0 Å². The molecule has 0 atom stereocenters. The molecule has 0 radical (unpaired) electrons. The van der Waals surface area contributed by atoms with E-state index >= 15 is 0 Å². The largest absolute Gasteiger partial charge is 0.487 e. The molecule has 5 nitrogen and oxygen atoms in total. The van der Waals surface area contributed by atoms with Crippen LogP contribution in [0.1, 0.15) is 27.3 Å². The number of carbonyl (C=O) groups is 1. The summed E-state index contributed by atoms with van der Waals surface area (Å²) in [6.07, 6.45) is 0. The quantitative estimate of drug-likeness (QED) is 0.710. The molecular formula is C21H21N3O2. The molecule has 1 aliphatic heterocycles. The second kappa shape index (κ2) is 7.04. The number of carbonyl (C=O) groups excluding carboxylic acids is 1. The van der Waals surface area contributed by atoms with E-state index in [1.807, 2.05) is 53.4 Å². The van der Waals surface area contributed by atoms with Crippen LogP contribution in [0.25, 0.3) is 0 Å². The van der Waals surface area contributed by atoms with E-state index in [0.717, 1.165) is 11.4 Å². The van der Waals surface area contributed by atoms with Gasteiger partial charge in [0.2, 0.25) is 0 Å². The van der Waals surface area contributed by atoms with E-state index in [9.17, 15) is 4.79 Å². The minimum atomic E-state index is 0.0259. The third-order valence-electron chi connectivity index (χ3n) is 4.67. The molecule has 1 amide bonds. The van der Waals surface area contributed by atoms with Crippen molar-refractivity contribution in [2.75, 3.05) is 6.54 Å². The lowest BCUT2D eigenvalue weighted by atomic mass is 10.1. The van der Waals surface area contributed by atoms with Gasteiger partial charge in [-0.05, 0) is 36.2 Å². The lowest BCUT2D eigenvalue weighted by Gasteiger charge is -2.28. The van der Waals surface area contributed by atoms with Crippen LogP contribution in [0.2, 0.25) is 0 Å². The molecule has 0 spiro atoms. The highest BCUT2D eigenvalue weighted by Gasteiger charge is 2.26. The molecule has 0 bridgehead atoms. The van der Waals surface area contributed by atoms with Crippen molar-refractivity contribution < 1.29 is 9.53 Å². The van der Waals surface area contributed by atoms with E-state index in [1.54, 1.807) is 4.68 Å². The van der Waals surface area contributed by atoms with Crippen LogP contribution < -0.4 is 4.74 Å². The van der Waals surface area contributed by atoms with Gasteiger partial charge in [-0.3, -0.25) is 9.48 Å². The van der Waals surface area contributed by atoms with Crippen LogP contribution in [0.5, 0.6) is 5.75 Å². The number of nitrogens with zero attached hydrogens (tertiary/aromatic N) is 3. The third-order valence-corrected chi connectivity index (χ3v) is 4.67. The summed E-state index contributed by atoms with van der Waals surface area (Å²) in [6.45, 7) is 4.44. The second-order valence-electron chi connectivity index (χ2n) is 6.50. The zero-order valence-corrected chi connectivity index (χ0v) is 14.8. The summed E-state index contributed by atoms with van der Waals surface area (Å²) in [6, 6.07) is 19.7.